The van der Waals surface area contributed by atoms with Gasteiger partial charge in [0.05, 0.1) is 32.0 Å². The molecule has 0 radical (unpaired) electrons. The fraction of sp³-hybridized carbons (Fsp3) is 0.604. The number of rotatable bonds is 34. The summed E-state index contributed by atoms with van der Waals surface area (Å²) in [7, 11) is 0. The number of nitrogens with one attached hydrogen (secondary N) is 1. The van der Waals surface area contributed by atoms with Crippen LogP contribution in [-0.2, 0) is 23.7 Å². The largest absolute Gasteiger partial charge is 0.394 e. The van der Waals surface area contributed by atoms with E-state index in [1.54, 1.807) is 6.08 Å². The molecule has 0 aromatic heterocycles. The van der Waals surface area contributed by atoms with Gasteiger partial charge in [-0.05, 0) is 77.0 Å². The summed E-state index contributed by atoms with van der Waals surface area (Å²) in [6.45, 7) is 2.41. The molecule has 2 heterocycles. The van der Waals surface area contributed by atoms with E-state index in [0.29, 0.717) is 12.8 Å². The van der Waals surface area contributed by atoms with Crippen molar-refractivity contribution in [2.45, 2.75) is 184 Å². The van der Waals surface area contributed by atoms with Crippen molar-refractivity contribution >= 4 is 5.91 Å². The van der Waals surface area contributed by atoms with Crippen LogP contribution in [0.1, 0.15) is 110 Å². The van der Waals surface area contributed by atoms with Crippen molar-refractivity contribution in [2.75, 3.05) is 19.8 Å². The average molecular weight is 942 g/mol. The summed E-state index contributed by atoms with van der Waals surface area (Å²) in [4.78, 5) is 13.0. The number of aliphatic hydroxyl groups is 8. The second-order valence-corrected chi connectivity index (χ2v) is 16.5. The first-order valence-electron chi connectivity index (χ1n) is 24.3. The van der Waals surface area contributed by atoms with E-state index in [2.05, 4.69) is 116 Å². The predicted molar refractivity (Wildman–Crippen MR) is 262 cm³/mol. The molecule has 0 aromatic carbocycles. The van der Waals surface area contributed by atoms with Crippen molar-refractivity contribution < 1.29 is 64.6 Å². The average Bonchev–Trinajstić information content (AvgIpc) is 3.33. The van der Waals surface area contributed by atoms with Crippen LogP contribution in [0.3, 0.4) is 0 Å². The van der Waals surface area contributed by atoms with Crippen molar-refractivity contribution in [3.8, 4) is 0 Å². The minimum atomic E-state index is -1.80. The van der Waals surface area contributed by atoms with Crippen molar-refractivity contribution in [2.24, 2.45) is 0 Å². The van der Waals surface area contributed by atoms with Gasteiger partial charge in [0.15, 0.2) is 12.6 Å². The lowest BCUT2D eigenvalue weighted by molar-refractivity contribution is -0.359. The Hall–Kier alpha value is -3.61. The van der Waals surface area contributed by atoms with Crippen LogP contribution in [-0.4, -0.2) is 140 Å². The Morgan fingerprint density at radius 3 is 1.48 bits per heavy atom. The highest BCUT2D eigenvalue weighted by atomic mass is 16.7. The van der Waals surface area contributed by atoms with Gasteiger partial charge in [-0.3, -0.25) is 4.79 Å². The Labute approximate surface area is 399 Å². The lowest BCUT2D eigenvalue weighted by Crippen LogP contribution is -2.65. The van der Waals surface area contributed by atoms with E-state index in [4.69, 9.17) is 18.9 Å². The first-order chi connectivity index (χ1) is 32.6. The predicted octanol–water partition coefficient (Wildman–Crippen LogP) is 5.93. The van der Waals surface area contributed by atoms with E-state index in [9.17, 15) is 45.6 Å². The topological polar surface area (TPSA) is 228 Å². The second kappa shape index (κ2) is 38.3. The van der Waals surface area contributed by atoms with Crippen LogP contribution in [0.15, 0.2) is 122 Å². The standard InChI is InChI=1S/C53H83NO13/c1-3-5-7-9-10-11-12-13-14-15-16-17-18-19-20-21-22-23-24-25-26-27-28-29-30-31-32-33-35-37-45(58)54-41(42(57)36-34-8-6-4-2)40-64-52-50(63)48(61)51(44(39-56)66-52)67-53-49(62)47(60)46(59)43(38-55)65-53/h5,7,10-11,13-14,16-17,19-20,22-23,25-26,28-29,31-32,34,36,41-44,46-53,55-57,59-63H,3-4,6,8-9,12,15,18,21,24,27,30,33,35,37-40H2,1-2H3,(H,54,58)/b7-5-,11-10-,14-13-,17-16-,20-19-,23-22-,26-25-,29-28-,32-31-,36-34+. The molecule has 0 bridgehead atoms. The van der Waals surface area contributed by atoms with Gasteiger partial charge >= 0.3 is 0 Å². The van der Waals surface area contributed by atoms with E-state index in [1.165, 1.54) is 0 Å². The zero-order chi connectivity index (χ0) is 48.9. The van der Waals surface area contributed by atoms with Crippen LogP contribution in [0.5, 0.6) is 0 Å². The monoisotopic (exact) mass is 942 g/mol. The quantitative estimate of drug-likeness (QED) is 0.0270. The van der Waals surface area contributed by atoms with Crippen LogP contribution in [0.4, 0.5) is 0 Å². The SMILES string of the molecule is CC/C=C\C/C=C\C/C=C\C/C=C\C/C=C\C/C=C\C/C=C\C/C=C\C/C=C\CCCC(=O)NC(COC1OC(CO)C(OC2OC(CO)C(O)C(O)C2O)C(O)C1O)C(O)/C=C/CCCC. The molecule has 12 unspecified atom stereocenters. The van der Waals surface area contributed by atoms with Crippen LogP contribution in [0.2, 0.25) is 0 Å². The molecule has 67 heavy (non-hydrogen) atoms. The summed E-state index contributed by atoms with van der Waals surface area (Å²) in [5.74, 6) is -0.315. The summed E-state index contributed by atoms with van der Waals surface area (Å²) in [5, 5.41) is 85.9. The Morgan fingerprint density at radius 2 is 1.00 bits per heavy atom. The maximum absolute atomic E-state index is 13.0. The highest BCUT2D eigenvalue weighted by Crippen LogP contribution is 2.29. The molecule has 0 spiro atoms. The third kappa shape index (κ3) is 25.5. The third-order valence-electron chi connectivity index (χ3n) is 10.9. The van der Waals surface area contributed by atoms with Crippen molar-refractivity contribution in [3.05, 3.63) is 122 Å². The van der Waals surface area contributed by atoms with Gasteiger partial charge < -0.3 is 65.1 Å². The van der Waals surface area contributed by atoms with E-state index in [-0.39, 0.29) is 18.9 Å². The summed E-state index contributed by atoms with van der Waals surface area (Å²) in [6, 6.07) is -0.950. The highest BCUT2D eigenvalue weighted by molar-refractivity contribution is 5.76. The molecule has 1 amide bonds. The molecule has 2 saturated heterocycles. The Balaban J connectivity index is 1.70. The molecule has 9 N–H and O–H groups in total. The molecule has 2 aliphatic heterocycles. The van der Waals surface area contributed by atoms with Crippen molar-refractivity contribution in [1.82, 2.24) is 5.32 Å². The molecular weight excluding hydrogens is 859 g/mol. The fourth-order valence-corrected chi connectivity index (χ4v) is 6.92. The Morgan fingerprint density at radius 1 is 0.552 bits per heavy atom. The lowest BCUT2D eigenvalue weighted by Gasteiger charge is -2.46. The highest BCUT2D eigenvalue weighted by Gasteiger charge is 2.51. The van der Waals surface area contributed by atoms with Crippen LogP contribution >= 0.6 is 0 Å². The third-order valence-corrected chi connectivity index (χ3v) is 10.9. The summed E-state index contributed by atoms with van der Waals surface area (Å²) in [5.41, 5.74) is 0. The van der Waals surface area contributed by atoms with Crippen LogP contribution < -0.4 is 5.32 Å². The summed E-state index contributed by atoms with van der Waals surface area (Å²) >= 11 is 0. The number of hydrogen-bond acceptors (Lipinski definition) is 13. The van der Waals surface area contributed by atoms with Crippen molar-refractivity contribution in [1.29, 1.82) is 0 Å². The summed E-state index contributed by atoms with van der Waals surface area (Å²) < 4.78 is 22.4. The number of amides is 1. The maximum atomic E-state index is 13.0. The van der Waals surface area contributed by atoms with Crippen LogP contribution in [0, 0.1) is 0 Å². The molecule has 0 saturated carbocycles. The first kappa shape index (κ1) is 59.5. The van der Waals surface area contributed by atoms with Gasteiger partial charge in [-0.25, -0.2) is 0 Å². The van der Waals surface area contributed by atoms with E-state index in [1.807, 2.05) is 19.1 Å². The van der Waals surface area contributed by atoms with Gasteiger partial charge in [-0.15, -0.1) is 0 Å². The maximum Gasteiger partial charge on any atom is 0.220 e. The minimum Gasteiger partial charge on any atom is -0.394 e. The fourth-order valence-electron chi connectivity index (χ4n) is 6.92. The van der Waals surface area contributed by atoms with Gasteiger partial charge in [-0.2, -0.15) is 0 Å². The molecule has 14 heteroatoms. The molecule has 378 valence electrons. The molecular formula is C53H83NO13. The number of carbonyl (C=O) groups is 1. The van der Waals surface area contributed by atoms with Gasteiger partial charge in [-0.1, -0.05) is 148 Å². The molecule has 2 fully saturated rings. The van der Waals surface area contributed by atoms with Gasteiger partial charge in [0, 0.05) is 6.42 Å². The first-order valence-corrected chi connectivity index (χ1v) is 24.3. The molecule has 0 aliphatic carbocycles. The zero-order valence-corrected chi connectivity index (χ0v) is 39.8. The Kier molecular flexibility index (Phi) is 34.0. The van der Waals surface area contributed by atoms with Gasteiger partial charge in [0.2, 0.25) is 5.91 Å². The number of aliphatic hydroxyl groups excluding tert-OH is 8. The van der Waals surface area contributed by atoms with E-state index < -0.39 is 86.8 Å². The van der Waals surface area contributed by atoms with E-state index in [0.717, 1.165) is 77.0 Å². The molecule has 14 nitrogen and oxygen atoms in total. The number of unbranched alkanes of at least 4 members (excludes halogenated alkanes) is 3. The van der Waals surface area contributed by atoms with Crippen LogP contribution in [0.25, 0.3) is 0 Å². The molecule has 0 aromatic rings. The Bertz CT molecular complexity index is 1580. The van der Waals surface area contributed by atoms with Gasteiger partial charge in [0.25, 0.3) is 0 Å². The minimum absolute atomic E-state index is 0.190. The molecule has 2 aliphatic rings. The number of hydrogen-bond donors (Lipinski definition) is 9. The second-order valence-electron chi connectivity index (χ2n) is 16.5. The normalized spacial score (nSPS) is 27.7. The van der Waals surface area contributed by atoms with Crippen molar-refractivity contribution in [3.63, 3.8) is 0 Å². The number of carbonyl (C=O) groups excluding carboxylic acids is 1. The van der Waals surface area contributed by atoms with E-state index >= 15 is 0 Å². The summed E-state index contributed by atoms with van der Waals surface area (Å²) in [6.07, 6.45) is 37.7. The number of allylic oxidation sites excluding steroid dienone is 19. The molecule has 2 rings (SSSR count). The molecule has 12 atom stereocenters. The lowest BCUT2D eigenvalue weighted by atomic mass is 9.97. The van der Waals surface area contributed by atoms with Gasteiger partial charge in [0.1, 0.15) is 48.8 Å². The zero-order valence-electron chi connectivity index (χ0n) is 39.8. The number of ether oxygens (including phenoxy) is 4. The smallest absolute Gasteiger partial charge is 0.220 e.